The zero-order chi connectivity index (χ0) is 17.9. The first kappa shape index (κ1) is 20.8. The minimum absolute atomic E-state index is 0. The van der Waals surface area contributed by atoms with Gasteiger partial charge < -0.3 is 10.4 Å². The van der Waals surface area contributed by atoms with E-state index < -0.39 is 5.97 Å². The number of hydrogen-bond donors (Lipinski definition) is 2. The molecule has 2 aliphatic carbocycles. The van der Waals surface area contributed by atoms with E-state index in [-0.39, 0.29) is 25.2 Å². The number of carboxylic acids is 1. The van der Waals surface area contributed by atoms with Crippen LogP contribution in [-0.4, -0.2) is 23.5 Å². The lowest BCUT2D eigenvalue weighted by molar-refractivity contribution is -0.136. The van der Waals surface area contributed by atoms with Crippen molar-refractivity contribution in [3.8, 4) is 0 Å². The summed E-state index contributed by atoms with van der Waals surface area (Å²) in [6, 6.07) is 5.19. The molecular weight excluding hydrogens is 350 g/mol. The van der Waals surface area contributed by atoms with Crippen molar-refractivity contribution in [2.45, 2.75) is 65.2 Å². The topological polar surface area (TPSA) is 66.4 Å². The average Bonchev–Trinajstić information content (AvgIpc) is 2.59. The molecule has 0 aromatic heterocycles. The molecule has 0 atom stereocenters. The van der Waals surface area contributed by atoms with E-state index in [1.807, 2.05) is 0 Å². The maximum Gasteiger partial charge on any atom is 0.303 e. The van der Waals surface area contributed by atoms with Crippen molar-refractivity contribution in [2.75, 3.05) is 6.54 Å². The number of hydrogen-bond acceptors (Lipinski definition) is 2. The number of amides is 1. The van der Waals surface area contributed by atoms with Crippen LogP contribution in [0.15, 0.2) is 18.2 Å². The lowest BCUT2D eigenvalue weighted by atomic mass is 9.62. The molecule has 144 valence electrons. The molecule has 2 N–H and O–H groups in total. The van der Waals surface area contributed by atoms with Gasteiger partial charge in [0.1, 0.15) is 0 Å². The van der Waals surface area contributed by atoms with Crippen molar-refractivity contribution in [3.63, 3.8) is 0 Å². The third kappa shape index (κ3) is 5.00. The number of aliphatic carboxylic acids is 1. The Balaban J connectivity index is 0.00000243. The number of nitrogens with one attached hydrogen (secondary N) is 1. The van der Waals surface area contributed by atoms with Crippen LogP contribution in [0.1, 0.15) is 74.7 Å². The number of rotatable bonds is 6. The number of benzene rings is 1. The molecule has 26 heavy (non-hydrogen) atoms. The van der Waals surface area contributed by atoms with Crippen molar-refractivity contribution >= 4 is 23.5 Å². The third-order valence-electron chi connectivity index (χ3n) is 5.89. The minimum atomic E-state index is -0.843. The summed E-state index contributed by atoms with van der Waals surface area (Å²) in [6.45, 7) is 0.720. The lowest BCUT2D eigenvalue weighted by Crippen LogP contribution is -2.43. The molecule has 3 rings (SSSR count). The van der Waals surface area contributed by atoms with Crippen molar-refractivity contribution in [1.82, 2.24) is 5.32 Å². The van der Waals surface area contributed by atoms with E-state index in [2.05, 4.69) is 5.32 Å². The van der Waals surface area contributed by atoms with Crippen LogP contribution in [0.25, 0.3) is 0 Å². The maximum atomic E-state index is 12.6. The molecule has 0 radical (unpaired) electrons. The second kappa shape index (κ2) is 8.90. The highest BCUT2D eigenvalue weighted by molar-refractivity contribution is 6.33. The molecule has 0 spiro atoms. The number of carbonyl (C=O) groups excluding carboxylic acids is 1. The van der Waals surface area contributed by atoms with Gasteiger partial charge in [-0.2, -0.15) is 0 Å². The molecule has 0 unspecified atom stereocenters. The van der Waals surface area contributed by atoms with Gasteiger partial charge in [0, 0.05) is 13.0 Å². The van der Waals surface area contributed by atoms with E-state index in [9.17, 15) is 9.59 Å². The van der Waals surface area contributed by atoms with Crippen LogP contribution < -0.4 is 5.32 Å². The van der Waals surface area contributed by atoms with Crippen molar-refractivity contribution < 1.29 is 14.7 Å². The van der Waals surface area contributed by atoms with E-state index >= 15 is 0 Å². The van der Waals surface area contributed by atoms with Gasteiger partial charge in [-0.15, -0.1) is 0 Å². The number of carboxylic acid groups (broad SMARTS) is 1. The maximum absolute atomic E-state index is 12.6. The molecule has 1 aromatic rings. The Kier molecular flexibility index (Phi) is 7.10. The monoisotopic (exact) mass is 379 g/mol. The van der Waals surface area contributed by atoms with Crippen LogP contribution in [0.3, 0.4) is 0 Å². The second-order valence-corrected chi connectivity index (χ2v) is 8.15. The first-order valence-corrected chi connectivity index (χ1v) is 9.64. The fourth-order valence-corrected chi connectivity index (χ4v) is 4.79. The standard InChI is InChI=1S/C20H26ClNO3.CH4/c21-17-7-5-14(6-8-18(23)24)11-16(17)19(25)22-13-20-9-1-3-15(12-20)4-2-10-20;/h5,7,11,15H,1-4,6,8-10,12-13H2,(H,22,25)(H,23,24);1H4. The Labute approximate surface area is 161 Å². The molecule has 2 saturated carbocycles. The Morgan fingerprint density at radius 1 is 1.23 bits per heavy atom. The molecule has 4 nitrogen and oxygen atoms in total. The average molecular weight is 380 g/mol. The first-order chi connectivity index (χ1) is 12.0. The van der Waals surface area contributed by atoms with E-state index in [0.717, 1.165) is 18.0 Å². The van der Waals surface area contributed by atoms with Gasteiger partial charge in [0.15, 0.2) is 0 Å². The summed E-state index contributed by atoms with van der Waals surface area (Å²) in [5.41, 5.74) is 1.54. The summed E-state index contributed by atoms with van der Waals surface area (Å²) in [6.07, 6.45) is 9.32. The van der Waals surface area contributed by atoms with Crippen LogP contribution in [-0.2, 0) is 11.2 Å². The highest BCUT2D eigenvalue weighted by atomic mass is 35.5. The fourth-order valence-electron chi connectivity index (χ4n) is 4.59. The van der Waals surface area contributed by atoms with Gasteiger partial charge in [-0.3, -0.25) is 9.59 Å². The summed E-state index contributed by atoms with van der Waals surface area (Å²) in [4.78, 5) is 23.4. The third-order valence-corrected chi connectivity index (χ3v) is 6.22. The van der Waals surface area contributed by atoms with Crippen LogP contribution in [0.5, 0.6) is 0 Å². The summed E-state index contributed by atoms with van der Waals surface area (Å²) in [7, 11) is 0. The van der Waals surface area contributed by atoms with E-state index in [0.29, 0.717) is 17.0 Å². The van der Waals surface area contributed by atoms with E-state index in [1.54, 1.807) is 18.2 Å². The lowest BCUT2D eigenvalue weighted by Gasteiger charge is -2.45. The predicted molar refractivity (Wildman–Crippen MR) is 105 cm³/mol. The zero-order valence-electron chi connectivity index (χ0n) is 14.5. The Bertz CT molecular complexity index is 649. The number of fused-ring (bicyclic) bond motifs is 2. The number of halogens is 1. The quantitative estimate of drug-likeness (QED) is 0.723. The van der Waals surface area contributed by atoms with Gasteiger partial charge in [0.05, 0.1) is 10.6 Å². The van der Waals surface area contributed by atoms with Gasteiger partial charge in [0.25, 0.3) is 5.91 Å². The van der Waals surface area contributed by atoms with E-state index in [1.165, 1.54) is 44.9 Å². The second-order valence-electron chi connectivity index (χ2n) is 7.75. The molecule has 1 aromatic carbocycles. The van der Waals surface area contributed by atoms with Gasteiger partial charge in [-0.05, 0) is 54.7 Å². The molecule has 5 heteroatoms. The van der Waals surface area contributed by atoms with Crippen LogP contribution in [0.2, 0.25) is 5.02 Å². The SMILES string of the molecule is C.O=C(O)CCc1ccc(Cl)c(C(=O)NCC23CCCC(CCC2)C3)c1. The molecule has 2 fully saturated rings. The number of aryl methyl sites for hydroxylation is 1. The highest BCUT2D eigenvalue weighted by Crippen LogP contribution is 2.48. The van der Waals surface area contributed by atoms with Crippen LogP contribution in [0.4, 0.5) is 0 Å². The van der Waals surface area contributed by atoms with Gasteiger partial charge >= 0.3 is 5.97 Å². The smallest absolute Gasteiger partial charge is 0.303 e. The normalized spacial score (nSPS) is 24.4. The fraction of sp³-hybridized carbons (Fsp3) is 0.619. The molecule has 1 amide bonds. The minimum Gasteiger partial charge on any atom is -0.481 e. The molecule has 2 bridgehead atoms. The Morgan fingerprint density at radius 3 is 2.58 bits per heavy atom. The van der Waals surface area contributed by atoms with Gasteiger partial charge in [0.2, 0.25) is 0 Å². The molecule has 0 saturated heterocycles. The molecule has 2 aliphatic rings. The summed E-state index contributed by atoms with van der Waals surface area (Å²) in [5, 5.41) is 12.3. The largest absolute Gasteiger partial charge is 0.481 e. The summed E-state index contributed by atoms with van der Waals surface area (Å²) in [5.74, 6) is -0.157. The van der Waals surface area contributed by atoms with Crippen LogP contribution >= 0.6 is 11.6 Å². The summed E-state index contributed by atoms with van der Waals surface area (Å²) < 4.78 is 0. The predicted octanol–water partition coefficient (Wildman–Crippen LogP) is 5.08. The Morgan fingerprint density at radius 2 is 1.92 bits per heavy atom. The van der Waals surface area contributed by atoms with Gasteiger partial charge in [-0.25, -0.2) is 0 Å². The summed E-state index contributed by atoms with van der Waals surface area (Å²) >= 11 is 6.20. The van der Waals surface area contributed by atoms with Crippen molar-refractivity contribution in [3.05, 3.63) is 34.3 Å². The molecule has 0 aliphatic heterocycles. The van der Waals surface area contributed by atoms with Crippen molar-refractivity contribution in [1.29, 1.82) is 0 Å². The van der Waals surface area contributed by atoms with Crippen molar-refractivity contribution in [2.24, 2.45) is 11.3 Å². The molecular formula is C21H30ClNO3. The first-order valence-electron chi connectivity index (χ1n) is 9.26. The van der Waals surface area contributed by atoms with Gasteiger partial charge in [-0.1, -0.05) is 50.8 Å². The molecule has 0 heterocycles. The number of carbonyl (C=O) groups is 2. The van der Waals surface area contributed by atoms with Crippen LogP contribution in [0, 0.1) is 11.3 Å². The Hall–Kier alpha value is -1.55. The highest BCUT2D eigenvalue weighted by Gasteiger charge is 2.39. The van der Waals surface area contributed by atoms with E-state index in [4.69, 9.17) is 16.7 Å². The zero-order valence-corrected chi connectivity index (χ0v) is 15.3.